The van der Waals surface area contributed by atoms with Crippen LogP contribution >= 0.6 is 11.6 Å². The Morgan fingerprint density at radius 2 is 1.61 bits per heavy atom. The van der Waals surface area contributed by atoms with Crippen LogP contribution in [0, 0.1) is 5.92 Å². The molecule has 0 saturated heterocycles. The molecule has 0 aliphatic heterocycles. The van der Waals surface area contributed by atoms with Crippen molar-refractivity contribution in [2.24, 2.45) is 5.92 Å². The molecule has 6 nitrogen and oxygen atoms in total. The lowest BCUT2D eigenvalue weighted by Gasteiger charge is -2.24. The van der Waals surface area contributed by atoms with Gasteiger partial charge in [-0.05, 0) is 41.3 Å². The lowest BCUT2D eigenvalue weighted by Crippen LogP contribution is -2.51. The van der Waals surface area contributed by atoms with Crippen molar-refractivity contribution in [3.63, 3.8) is 0 Å². The highest BCUT2D eigenvalue weighted by molar-refractivity contribution is 6.31. The Bertz CT molecular complexity index is 1320. The van der Waals surface area contributed by atoms with Crippen LogP contribution in [-0.2, 0) is 9.59 Å². The second kappa shape index (κ2) is 11.8. The first-order valence-electron chi connectivity index (χ1n) is 12.0. The number of fused-ring (bicyclic) bond motifs is 1. The standard InChI is InChI=1S/C29H30ClN3O3/c1-19(2)28(33-27(34)18-36-20-10-4-3-5-11-20)29(35)32-17-23(21-12-6-8-14-25(21)30)24-16-31-26-15-9-7-13-22(24)26/h3-16,19,23,28,31H,17-18H2,1-2H3,(H,32,35)(H,33,34)/t23-,28+/m1/s1. The molecule has 0 bridgehead atoms. The van der Waals surface area contributed by atoms with E-state index in [-0.39, 0.29) is 30.3 Å². The fourth-order valence-corrected chi connectivity index (χ4v) is 4.52. The molecule has 1 aromatic heterocycles. The zero-order chi connectivity index (χ0) is 25.5. The van der Waals surface area contributed by atoms with E-state index in [2.05, 4.69) is 21.7 Å². The summed E-state index contributed by atoms with van der Waals surface area (Å²) in [6.07, 6.45) is 1.97. The minimum Gasteiger partial charge on any atom is -0.484 e. The number of hydrogen-bond acceptors (Lipinski definition) is 3. The van der Waals surface area contributed by atoms with E-state index in [9.17, 15) is 9.59 Å². The van der Waals surface area contributed by atoms with E-state index >= 15 is 0 Å². The fraction of sp³-hybridized carbons (Fsp3) is 0.241. The molecule has 0 unspecified atom stereocenters. The molecule has 0 aliphatic rings. The van der Waals surface area contributed by atoms with Crippen LogP contribution in [0.1, 0.15) is 30.9 Å². The van der Waals surface area contributed by atoms with E-state index in [1.54, 1.807) is 12.1 Å². The lowest BCUT2D eigenvalue weighted by atomic mass is 9.90. The van der Waals surface area contributed by atoms with Gasteiger partial charge in [0.25, 0.3) is 5.91 Å². The Hall–Kier alpha value is -3.77. The summed E-state index contributed by atoms with van der Waals surface area (Å²) in [7, 11) is 0. The van der Waals surface area contributed by atoms with Gasteiger partial charge in [0.15, 0.2) is 6.61 Å². The first-order chi connectivity index (χ1) is 17.4. The summed E-state index contributed by atoms with van der Waals surface area (Å²) < 4.78 is 5.53. The molecular formula is C29H30ClN3O3. The van der Waals surface area contributed by atoms with E-state index in [4.69, 9.17) is 16.3 Å². The third-order valence-corrected chi connectivity index (χ3v) is 6.48. The average Bonchev–Trinajstić information content (AvgIpc) is 3.31. The largest absolute Gasteiger partial charge is 0.484 e. The Morgan fingerprint density at radius 3 is 2.36 bits per heavy atom. The fourth-order valence-electron chi connectivity index (χ4n) is 4.26. The van der Waals surface area contributed by atoms with Crippen molar-refractivity contribution >= 4 is 34.3 Å². The molecule has 3 N–H and O–H groups in total. The molecule has 7 heteroatoms. The second-order valence-electron chi connectivity index (χ2n) is 9.00. The normalized spacial score (nSPS) is 12.8. The molecule has 3 aromatic carbocycles. The van der Waals surface area contributed by atoms with E-state index in [0.717, 1.165) is 22.0 Å². The monoisotopic (exact) mass is 503 g/mol. The van der Waals surface area contributed by atoms with Gasteiger partial charge in [0.2, 0.25) is 5.91 Å². The van der Waals surface area contributed by atoms with E-state index in [1.165, 1.54) is 0 Å². The molecule has 2 atom stereocenters. The van der Waals surface area contributed by atoms with Crippen molar-refractivity contribution in [1.82, 2.24) is 15.6 Å². The number of hydrogen-bond donors (Lipinski definition) is 3. The van der Waals surface area contributed by atoms with Gasteiger partial charge in [-0.3, -0.25) is 9.59 Å². The molecule has 4 aromatic rings. The number of ether oxygens (including phenoxy) is 1. The number of amides is 2. The number of para-hydroxylation sites is 2. The van der Waals surface area contributed by atoms with Gasteiger partial charge in [-0.15, -0.1) is 0 Å². The molecule has 186 valence electrons. The third-order valence-electron chi connectivity index (χ3n) is 6.14. The first kappa shape index (κ1) is 25.3. The van der Waals surface area contributed by atoms with Gasteiger partial charge in [-0.2, -0.15) is 0 Å². The van der Waals surface area contributed by atoms with Crippen molar-refractivity contribution in [2.75, 3.05) is 13.2 Å². The van der Waals surface area contributed by atoms with Crippen LogP contribution < -0.4 is 15.4 Å². The van der Waals surface area contributed by atoms with Gasteiger partial charge in [-0.25, -0.2) is 0 Å². The molecule has 2 amide bonds. The summed E-state index contributed by atoms with van der Waals surface area (Å²) in [5, 5.41) is 7.58. The number of carbonyl (C=O) groups excluding carboxylic acids is 2. The van der Waals surface area contributed by atoms with Gasteiger partial charge in [-0.1, -0.05) is 80.0 Å². The number of benzene rings is 3. The molecule has 0 aliphatic carbocycles. The summed E-state index contributed by atoms with van der Waals surface area (Å²) in [5.74, 6) is -0.303. The lowest BCUT2D eigenvalue weighted by molar-refractivity contribution is -0.131. The maximum Gasteiger partial charge on any atom is 0.258 e. The molecular weight excluding hydrogens is 474 g/mol. The maximum absolute atomic E-state index is 13.2. The number of aromatic nitrogens is 1. The minimum atomic E-state index is -0.702. The SMILES string of the molecule is CC(C)[C@H](NC(=O)COc1ccccc1)C(=O)NC[C@H](c1ccccc1Cl)c1c[nH]c2ccccc12. The zero-order valence-corrected chi connectivity index (χ0v) is 21.1. The van der Waals surface area contributed by atoms with Crippen LogP contribution in [0.25, 0.3) is 10.9 Å². The molecule has 4 rings (SSSR count). The quantitative estimate of drug-likeness (QED) is 0.275. The molecule has 36 heavy (non-hydrogen) atoms. The Balaban J connectivity index is 1.48. The highest BCUT2D eigenvalue weighted by Crippen LogP contribution is 2.34. The summed E-state index contributed by atoms with van der Waals surface area (Å²) in [5.41, 5.74) is 2.98. The van der Waals surface area contributed by atoms with Gasteiger partial charge >= 0.3 is 0 Å². The topological polar surface area (TPSA) is 83.2 Å². The van der Waals surface area contributed by atoms with Gasteiger partial charge in [0, 0.05) is 34.6 Å². The smallest absolute Gasteiger partial charge is 0.258 e. The van der Waals surface area contributed by atoms with Crippen LogP contribution in [-0.4, -0.2) is 36.0 Å². The van der Waals surface area contributed by atoms with Crippen molar-refractivity contribution in [3.8, 4) is 5.75 Å². The first-order valence-corrected chi connectivity index (χ1v) is 12.4. The van der Waals surface area contributed by atoms with Crippen molar-refractivity contribution < 1.29 is 14.3 Å². The summed E-state index contributed by atoms with van der Waals surface area (Å²) in [4.78, 5) is 29.1. The molecule has 0 spiro atoms. The van der Waals surface area contributed by atoms with Gasteiger partial charge in [0.05, 0.1) is 0 Å². The Labute approximate surface area is 216 Å². The number of rotatable bonds is 10. The number of nitrogens with one attached hydrogen (secondary N) is 3. The number of H-pyrrole nitrogens is 1. The van der Waals surface area contributed by atoms with Gasteiger partial charge in [0.1, 0.15) is 11.8 Å². The van der Waals surface area contributed by atoms with Gasteiger partial charge < -0.3 is 20.4 Å². The summed E-state index contributed by atoms with van der Waals surface area (Å²) >= 11 is 6.58. The highest BCUT2D eigenvalue weighted by atomic mass is 35.5. The van der Waals surface area contributed by atoms with Crippen LogP contribution in [0.15, 0.2) is 85.1 Å². The van der Waals surface area contributed by atoms with Crippen LogP contribution in [0.2, 0.25) is 5.02 Å². The predicted molar refractivity (Wildman–Crippen MR) is 143 cm³/mol. The van der Waals surface area contributed by atoms with Crippen molar-refractivity contribution in [1.29, 1.82) is 0 Å². The Kier molecular flexibility index (Phi) is 8.28. The predicted octanol–water partition coefficient (Wildman–Crippen LogP) is 5.29. The third kappa shape index (κ3) is 6.07. The van der Waals surface area contributed by atoms with Crippen LogP contribution in [0.4, 0.5) is 0 Å². The minimum absolute atomic E-state index is 0.113. The van der Waals surface area contributed by atoms with Crippen LogP contribution in [0.5, 0.6) is 5.75 Å². The van der Waals surface area contributed by atoms with Crippen LogP contribution in [0.3, 0.4) is 0 Å². The van der Waals surface area contributed by atoms with E-state index < -0.39 is 6.04 Å². The molecule has 0 saturated carbocycles. The number of aromatic amines is 1. The summed E-state index contributed by atoms with van der Waals surface area (Å²) in [6.45, 7) is 3.95. The highest BCUT2D eigenvalue weighted by Gasteiger charge is 2.27. The second-order valence-corrected chi connectivity index (χ2v) is 9.41. The average molecular weight is 504 g/mol. The van der Waals surface area contributed by atoms with Crippen molar-refractivity contribution in [3.05, 3.63) is 101 Å². The number of halogens is 1. The van der Waals surface area contributed by atoms with E-state index in [1.807, 2.05) is 80.7 Å². The molecule has 0 radical (unpaired) electrons. The maximum atomic E-state index is 13.2. The molecule has 0 fully saturated rings. The zero-order valence-electron chi connectivity index (χ0n) is 20.3. The molecule has 1 heterocycles. The number of carbonyl (C=O) groups is 2. The van der Waals surface area contributed by atoms with Crippen molar-refractivity contribution in [2.45, 2.75) is 25.8 Å². The Morgan fingerprint density at radius 1 is 0.917 bits per heavy atom. The van der Waals surface area contributed by atoms with E-state index in [0.29, 0.717) is 17.3 Å². The summed E-state index contributed by atoms with van der Waals surface area (Å²) in [6, 6.07) is 24.1.